The minimum atomic E-state index is -0.979. The maximum absolute atomic E-state index is 12.3. The van der Waals surface area contributed by atoms with Crippen molar-refractivity contribution in [1.82, 2.24) is 89.4 Å². The van der Waals surface area contributed by atoms with Crippen LogP contribution < -0.4 is 31.2 Å². The Labute approximate surface area is 753 Å². The Morgan fingerprint density at radius 1 is 0.388 bits per heavy atom. The quantitative estimate of drug-likeness (QED) is 0.0186. The van der Waals surface area contributed by atoms with Gasteiger partial charge in [-0.3, -0.25) is 10.2 Å². The molecule has 16 heterocycles. The van der Waals surface area contributed by atoms with Crippen molar-refractivity contribution in [1.29, 1.82) is 0 Å². The predicted octanol–water partition coefficient (Wildman–Crippen LogP) is 13.7. The van der Waals surface area contributed by atoms with Crippen molar-refractivity contribution in [2.45, 2.75) is 206 Å². The number of nitrogens with two attached hydrogens (primary N) is 1. The second-order valence-electron chi connectivity index (χ2n) is 28.8. The van der Waals surface area contributed by atoms with Crippen LogP contribution in [0.4, 0.5) is 17.1 Å². The third kappa shape index (κ3) is 26.7. The highest BCUT2D eigenvalue weighted by molar-refractivity contribution is 6.38. The summed E-state index contributed by atoms with van der Waals surface area (Å²) in [6.07, 6.45) is 28.3. The minimum Gasteiger partial charge on any atom is -0.492 e. The maximum Gasteiger partial charge on any atom is 0.343 e. The lowest BCUT2D eigenvalue weighted by atomic mass is 10.1. The topological polar surface area (TPSA) is 492 Å². The number of aromatic nitrogens is 18. The molecule has 0 radical (unpaired) electrons. The van der Waals surface area contributed by atoms with Crippen LogP contribution >= 0.6 is 11.6 Å². The van der Waals surface area contributed by atoms with Crippen molar-refractivity contribution in [2.75, 3.05) is 115 Å². The molecule has 8 N–H and O–H groups in total. The molecule has 12 aromatic heterocycles. The monoisotopic (exact) mass is 1810 g/mol. The van der Waals surface area contributed by atoms with Crippen LogP contribution in [-0.4, -0.2) is 254 Å². The molecule has 12 aromatic rings. The van der Waals surface area contributed by atoms with E-state index in [-0.39, 0.29) is 56.0 Å². The molecule has 4 fully saturated rings. The van der Waals surface area contributed by atoms with E-state index in [9.17, 15) is 33.9 Å². The van der Waals surface area contributed by atoms with Gasteiger partial charge in [-0.2, -0.15) is 30.6 Å². The number of pyridine rings is 6. The lowest BCUT2D eigenvalue weighted by molar-refractivity contribution is 0.0512. The van der Waals surface area contributed by atoms with Crippen LogP contribution in [0, 0.1) is 0 Å². The van der Waals surface area contributed by atoms with Crippen LogP contribution in [0.2, 0.25) is 5.02 Å². The summed E-state index contributed by atoms with van der Waals surface area (Å²) in [6.45, 7) is 32.2. The normalized spacial score (nSPS) is 14.0. The average Bonchev–Trinajstić information content (AvgIpc) is 2.24. The predicted molar refractivity (Wildman–Crippen MR) is 488 cm³/mol. The standard InChI is InChI=1S/C17H24N4O3.C15H20N4O3.C14H18N4O3.C13H17N3O3.C11H12ClN3O2.C11H13N3O3.C5H11NO.2CH4/c1-3-7-21-16-13(11-19-21)15(20-12-5-8-23-9-6-12)14(10-18-16)17(22)24-4-2;1-2-5-19-14-11(9-17-19)13(12(8-16-14)15(20)21)18-10-3-6-22-7-4-10;1-2-21-14(19)11-7-15-13-10(8-16-18-13)12(11)17-9-3-5-20-6-4-9;1-4-16-12-9(8-15-16)11(18-5-2)10(7-14-12)13(17)19-6-3;1-3-15-10-7(6-14-15)9(12)8(5-13-10)11(16)17-4-2;1-3-16-9-7-6-13-14-10(7)12-5-8(9)11(15)17-4-2;6-5-1-3-7-4-2-5;;/h10-12H,3-9H2,1-2H3,(H,18,20);8-10H,2-7H2,1H3,(H,16,18)(H,20,21);7-9H,2-6H2,1H3,(H2,15,16,17,18);7-8H,4-6H2,1-3H3;5-6H,3-4H2,1-2H3;5-6H,3-4H2,1-2H3,(H,12,13,14);5H,1-4,6H2;2*1H4. The van der Waals surface area contributed by atoms with Gasteiger partial charge < -0.3 is 78.9 Å². The zero-order valence-corrected chi connectivity index (χ0v) is 74.5. The number of fused-ring (bicyclic) bond motifs is 6. The highest BCUT2D eigenvalue weighted by atomic mass is 35.5. The summed E-state index contributed by atoms with van der Waals surface area (Å²) in [6, 6.07) is 1.17. The van der Waals surface area contributed by atoms with E-state index in [4.69, 9.17) is 69.4 Å². The molecular weight excluding hydrogens is 1690 g/mol. The van der Waals surface area contributed by atoms with Gasteiger partial charge in [-0.15, -0.1) is 0 Å². The van der Waals surface area contributed by atoms with Crippen molar-refractivity contribution in [2.24, 2.45) is 5.73 Å². The van der Waals surface area contributed by atoms with E-state index in [1.165, 1.54) is 31.0 Å². The third-order valence-corrected chi connectivity index (χ3v) is 20.6. The smallest absolute Gasteiger partial charge is 0.343 e. The highest BCUT2D eigenvalue weighted by Crippen LogP contribution is 2.35. The van der Waals surface area contributed by atoms with Crippen LogP contribution in [0.1, 0.15) is 217 Å². The highest BCUT2D eigenvalue weighted by Gasteiger charge is 2.28. The largest absolute Gasteiger partial charge is 0.492 e. The summed E-state index contributed by atoms with van der Waals surface area (Å²) in [5.74, 6) is -2.08. The molecule has 40 nitrogen and oxygen atoms in total. The fourth-order valence-electron chi connectivity index (χ4n) is 13.9. The molecule has 0 bridgehead atoms. The summed E-state index contributed by atoms with van der Waals surface area (Å²) < 4.78 is 64.6. The summed E-state index contributed by atoms with van der Waals surface area (Å²) in [4.78, 5) is 96.7. The number of aromatic carboxylic acids is 1. The number of carbonyl (C=O) groups excluding carboxylic acids is 5. The molecule has 4 saturated heterocycles. The van der Waals surface area contributed by atoms with Crippen molar-refractivity contribution in [3.8, 4) is 11.5 Å². The van der Waals surface area contributed by atoms with Gasteiger partial charge >= 0.3 is 35.8 Å². The fourth-order valence-corrected chi connectivity index (χ4v) is 14.2. The van der Waals surface area contributed by atoms with E-state index in [0.29, 0.717) is 156 Å². The Kier molecular flexibility index (Phi) is 41.3. The number of anilines is 3. The Bertz CT molecular complexity index is 5570. The number of ether oxygens (including phenoxy) is 11. The number of esters is 5. The number of aromatic amines is 2. The molecule has 16 rings (SSSR count). The lowest BCUT2D eigenvalue weighted by Gasteiger charge is -2.25. The SMILES string of the molecule is C.C.CCCn1ncc2c(NC3CCOCC3)c(C(=O)O)cnc21.CCCn1ncc2c(NC3CCOCC3)c(C(=O)OCC)cnc21.CCOC(=O)c1cnc2[nH]ncc2c1NC1CCOCC1.CCOC(=O)c1cnc2[nH]ncc2c1OCC.CCOC(=O)c1cnc2c(cnn2CC)c1Cl.CCOC(=O)c1cnc2c(cnn2CC)c1OCC.NC1CCOCC1. The van der Waals surface area contributed by atoms with E-state index in [1.807, 2.05) is 37.1 Å². The first-order valence-electron chi connectivity index (χ1n) is 43.2. The number of rotatable bonds is 27. The maximum atomic E-state index is 12.3. The van der Waals surface area contributed by atoms with Crippen LogP contribution in [-0.2, 0) is 68.8 Å². The summed E-state index contributed by atoms with van der Waals surface area (Å²) in [7, 11) is 0. The van der Waals surface area contributed by atoms with E-state index < -0.39 is 23.9 Å². The molecule has 0 saturated carbocycles. The number of hydrogen-bond donors (Lipinski definition) is 7. The number of H-pyrrole nitrogens is 2. The Hall–Kier alpha value is -12.4. The summed E-state index contributed by atoms with van der Waals surface area (Å²) in [5, 5.41) is 55.1. The Morgan fingerprint density at radius 3 is 1.09 bits per heavy atom. The van der Waals surface area contributed by atoms with Crippen molar-refractivity contribution < 1.29 is 86.0 Å². The molecule has 0 spiro atoms. The van der Waals surface area contributed by atoms with E-state index >= 15 is 0 Å². The molecule has 0 amide bonds. The third-order valence-electron chi connectivity index (χ3n) is 20.2. The second kappa shape index (κ2) is 52.2. The molecule has 700 valence electrons. The number of nitrogens with one attached hydrogen (secondary N) is 5. The molecule has 129 heavy (non-hydrogen) atoms. The molecule has 0 aliphatic carbocycles. The second-order valence-corrected chi connectivity index (χ2v) is 29.2. The number of aryl methyl sites for hydroxylation is 4. The molecule has 0 atom stereocenters. The van der Waals surface area contributed by atoms with Gasteiger partial charge in [-0.1, -0.05) is 40.3 Å². The van der Waals surface area contributed by atoms with Crippen molar-refractivity contribution in [3.05, 3.63) is 113 Å². The Morgan fingerprint density at radius 2 is 0.698 bits per heavy atom. The van der Waals surface area contributed by atoms with Gasteiger partial charge in [0.25, 0.3) is 0 Å². The summed E-state index contributed by atoms with van der Waals surface area (Å²) >= 11 is 6.15. The van der Waals surface area contributed by atoms with Gasteiger partial charge in [0, 0.05) is 140 Å². The van der Waals surface area contributed by atoms with Crippen LogP contribution in [0.3, 0.4) is 0 Å². The van der Waals surface area contributed by atoms with Gasteiger partial charge in [-0.25, -0.2) is 77.4 Å². The number of halogens is 1. The van der Waals surface area contributed by atoms with Gasteiger partial charge in [-0.05, 0) is 127 Å². The fraction of sp³-hybridized carbons (Fsp3) is 0.523. The van der Waals surface area contributed by atoms with Crippen molar-refractivity contribution >= 4 is 131 Å². The van der Waals surface area contributed by atoms with Gasteiger partial charge in [0.15, 0.2) is 33.9 Å². The summed E-state index contributed by atoms with van der Waals surface area (Å²) in [5.41, 5.74) is 13.8. The molecule has 0 aromatic carbocycles. The van der Waals surface area contributed by atoms with Gasteiger partial charge in [0.2, 0.25) is 0 Å². The molecule has 0 unspecified atom stereocenters. The zero-order valence-electron chi connectivity index (χ0n) is 73.7. The Balaban J connectivity index is 0.000000188. The minimum absolute atomic E-state index is 0. The number of carboxylic acid groups (broad SMARTS) is 1. The molecule has 4 aliphatic heterocycles. The lowest BCUT2D eigenvalue weighted by Crippen LogP contribution is -2.29. The zero-order chi connectivity index (χ0) is 90.7. The first-order chi connectivity index (χ1) is 61.8. The van der Waals surface area contributed by atoms with Crippen molar-refractivity contribution in [3.63, 3.8) is 0 Å². The average molecular weight is 1810 g/mol. The van der Waals surface area contributed by atoms with E-state index in [0.717, 1.165) is 161 Å². The van der Waals surface area contributed by atoms with Gasteiger partial charge in [0.1, 0.15) is 39.3 Å². The number of hydrogen-bond acceptors (Lipinski definition) is 33. The number of nitrogens with zero attached hydrogens (tertiary/aromatic N) is 16. The first kappa shape index (κ1) is 102. The number of carbonyl (C=O) groups is 6. The molecule has 4 aliphatic rings. The van der Waals surface area contributed by atoms with E-state index in [1.54, 1.807) is 87.4 Å². The van der Waals surface area contributed by atoms with Gasteiger partial charge in [0.05, 0.1) is 143 Å². The molecule has 41 heteroatoms. The van der Waals surface area contributed by atoms with Crippen LogP contribution in [0.15, 0.2) is 74.4 Å². The van der Waals surface area contributed by atoms with Crippen LogP contribution in [0.25, 0.3) is 66.2 Å². The number of carboxylic acids is 1. The first-order valence-corrected chi connectivity index (χ1v) is 43.6. The molecular formula is C88H123ClN22O18. The van der Waals surface area contributed by atoms with E-state index in [2.05, 4.69) is 100 Å². The van der Waals surface area contributed by atoms with Crippen LogP contribution in [0.5, 0.6) is 11.5 Å².